The van der Waals surface area contributed by atoms with E-state index in [0.29, 0.717) is 6.42 Å². The fourth-order valence-electron chi connectivity index (χ4n) is 3.48. The minimum absolute atomic E-state index is 0.196. The average molecular weight is 390 g/mol. The van der Waals surface area contributed by atoms with Crippen LogP contribution in [0.15, 0.2) is 54.6 Å². The van der Waals surface area contributed by atoms with Gasteiger partial charge in [-0.05, 0) is 48.3 Å². The maximum atomic E-state index is 12.3. The number of alkyl halides is 3. The molecular formula is C22H25F3N2O. The molecule has 150 valence electrons. The third kappa shape index (κ3) is 5.07. The maximum absolute atomic E-state index is 12.3. The molecule has 6 heteroatoms. The van der Waals surface area contributed by atoms with Crippen LogP contribution in [-0.2, 0) is 13.0 Å². The van der Waals surface area contributed by atoms with Gasteiger partial charge in [-0.2, -0.15) is 0 Å². The first-order valence-electron chi connectivity index (χ1n) is 9.53. The Balaban J connectivity index is 1.83. The largest absolute Gasteiger partial charge is 0.573 e. The first-order chi connectivity index (χ1) is 13.4. The summed E-state index contributed by atoms with van der Waals surface area (Å²) in [5, 5.41) is 1.18. The van der Waals surface area contributed by atoms with Gasteiger partial charge in [0.2, 0.25) is 0 Å². The van der Waals surface area contributed by atoms with Crippen molar-refractivity contribution in [3.05, 3.63) is 65.9 Å². The van der Waals surface area contributed by atoms with Crippen molar-refractivity contribution in [2.24, 2.45) is 0 Å². The van der Waals surface area contributed by atoms with Crippen LogP contribution in [0.3, 0.4) is 0 Å². The third-order valence-corrected chi connectivity index (χ3v) is 4.97. The molecule has 3 rings (SSSR count). The van der Waals surface area contributed by atoms with Crippen molar-refractivity contribution in [3.63, 3.8) is 0 Å². The first kappa shape index (κ1) is 20.3. The van der Waals surface area contributed by atoms with Crippen LogP contribution in [0.25, 0.3) is 10.9 Å². The van der Waals surface area contributed by atoms with Crippen LogP contribution in [0.1, 0.15) is 25.1 Å². The van der Waals surface area contributed by atoms with Crippen LogP contribution in [0.5, 0.6) is 5.75 Å². The molecule has 0 fully saturated rings. The molecule has 0 spiro atoms. The van der Waals surface area contributed by atoms with Crippen molar-refractivity contribution in [2.75, 3.05) is 19.6 Å². The average Bonchev–Trinajstić information content (AvgIpc) is 3.00. The Morgan fingerprint density at radius 3 is 2.29 bits per heavy atom. The minimum Gasteiger partial charge on any atom is -0.406 e. The van der Waals surface area contributed by atoms with E-state index >= 15 is 0 Å². The molecule has 1 aromatic heterocycles. The lowest BCUT2D eigenvalue weighted by molar-refractivity contribution is -0.274. The van der Waals surface area contributed by atoms with Gasteiger partial charge in [0.15, 0.2) is 0 Å². The summed E-state index contributed by atoms with van der Waals surface area (Å²) in [6.45, 7) is 8.15. The lowest BCUT2D eigenvalue weighted by Gasteiger charge is -2.20. The quantitative estimate of drug-likeness (QED) is 0.507. The number of fused-ring (bicyclic) bond motifs is 1. The van der Waals surface area contributed by atoms with Gasteiger partial charge in [0.25, 0.3) is 0 Å². The van der Waals surface area contributed by atoms with E-state index in [1.165, 1.54) is 23.0 Å². The molecule has 0 saturated heterocycles. The van der Waals surface area contributed by atoms with Crippen molar-refractivity contribution in [1.82, 2.24) is 9.47 Å². The van der Waals surface area contributed by atoms with Gasteiger partial charge in [0.05, 0.1) is 0 Å². The van der Waals surface area contributed by atoms with Crippen LogP contribution in [0.2, 0.25) is 0 Å². The summed E-state index contributed by atoms with van der Waals surface area (Å²) in [6.07, 6.45) is -4.02. The van der Waals surface area contributed by atoms with E-state index in [9.17, 15) is 13.2 Å². The normalized spacial score (nSPS) is 12.1. The molecule has 0 saturated carbocycles. The predicted octanol–water partition coefficient (Wildman–Crippen LogP) is 5.47. The molecule has 28 heavy (non-hydrogen) atoms. The van der Waals surface area contributed by atoms with E-state index in [4.69, 9.17) is 0 Å². The highest BCUT2D eigenvalue weighted by Gasteiger charge is 2.30. The second-order valence-electron chi connectivity index (χ2n) is 6.74. The van der Waals surface area contributed by atoms with Crippen molar-refractivity contribution in [2.45, 2.75) is 33.2 Å². The van der Waals surface area contributed by atoms with Gasteiger partial charge in [-0.1, -0.05) is 44.2 Å². The van der Waals surface area contributed by atoms with Crippen molar-refractivity contribution >= 4 is 10.9 Å². The third-order valence-electron chi connectivity index (χ3n) is 4.97. The number of halogens is 3. The predicted molar refractivity (Wildman–Crippen MR) is 106 cm³/mol. The molecule has 3 nitrogen and oxygen atoms in total. The summed E-state index contributed by atoms with van der Waals surface area (Å²) < 4.78 is 43.3. The number of hydrogen-bond acceptors (Lipinski definition) is 2. The van der Waals surface area contributed by atoms with Crippen LogP contribution in [-0.4, -0.2) is 35.5 Å². The van der Waals surface area contributed by atoms with E-state index in [-0.39, 0.29) is 5.75 Å². The summed E-state index contributed by atoms with van der Waals surface area (Å²) in [4.78, 5) is 2.38. The molecule has 0 N–H and O–H groups in total. The zero-order valence-electron chi connectivity index (χ0n) is 16.2. The van der Waals surface area contributed by atoms with Gasteiger partial charge in [-0.15, -0.1) is 13.2 Å². The highest BCUT2D eigenvalue weighted by Crippen LogP contribution is 2.25. The summed E-state index contributed by atoms with van der Waals surface area (Å²) in [5.74, 6) is -0.196. The van der Waals surface area contributed by atoms with Crippen molar-refractivity contribution in [1.29, 1.82) is 0 Å². The van der Waals surface area contributed by atoms with Gasteiger partial charge in [0, 0.05) is 30.7 Å². The minimum atomic E-state index is -4.67. The van der Waals surface area contributed by atoms with Crippen LogP contribution < -0.4 is 4.74 Å². The number of nitrogens with zero attached hydrogens (tertiary/aromatic N) is 2. The van der Waals surface area contributed by atoms with Gasteiger partial charge in [0.1, 0.15) is 5.75 Å². The van der Waals surface area contributed by atoms with Crippen LogP contribution in [0.4, 0.5) is 13.2 Å². The molecular weight excluding hydrogens is 365 g/mol. The van der Waals surface area contributed by atoms with E-state index in [1.807, 2.05) is 12.1 Å². The van der Waals surface area contributed by atoms with E-state index < -0.39 is 6.36 Å². The Bertz CT molecular complexity index is 896. The molecule has 0 bridgehead atoms. The number of para-hydroxylation sites is 1. The van der Waals surface area contributed by atoms with Gasteiger partial charge in [-0.25, -0.2) is 0 Å². The SMILES string of the molecule is CCN(CC)CCn1c(Cc2ccc(OC(F)(F)F)cc2)cc2ccccc21. The highest BCUT2D eigenvalue weighted by molar-refractivity contribution is 5.81. The molecule has 2 aromatic carbocycles. The van der Waals surface area contributed by atoms with E-state index in [0.717, 1.165) is 37.4 Å². The molecule has 1 heterocycles. The van der Waals surface area contributed by atoms with Crippen LogP contribution >= 0.6 is 0 Å². The fraction of sp³-hybridized carbons (Fsp3) is 0.364. The number of hydrogen-bond donors (Lipinski definition) is 0. The number of likely N-dealkylation sites (N-methyl/N-ethyl adjacent to an activating group) is 1. The van der Waals surface area contributed by atoms with Gasteiger partial charge < -0.3 is 14.2 Å². The zero-order chi connectivity index (χ0) is 20.1. The lowest BCUT2D eigenvalue weighted by atomic mass is 10.1. The Kier molecular flexibility index (Phi) is 6.29. The van der Waals surface area contributed by atoms with Crippen LogP contribution in [0, 0.1) is 0 Å². The molecule has 0 aliphatic heterocycles. The Hall–Kier alpha value is -2.47. The number of aromatic nitrogens is 1. The molecule has 0 aliphatic rings. The smallest absolute Gasteiger partial charge is 0.406 e. The Morgan fingerprint density at radius 2 is 1.64 bits per heavy atom. The Morgan fingerprint density at radius 1 is 0.964 bits per heavy atom. The summed E-state index contributed by atoms with van der Waals surface area (Å²) in [7, 11) is 0. The lowest BCUT2D eigenvalue weighted by Crippen LogP contribution is -2.27. The standard InChI is InChI=1S/C22H25F3N2O/c1-3-26(4-2)13-14-27-19(16-18-7-5-6-8-21(18)27)15-17-9-11-20(12-10-17)28-22(23,24)25/h5-12,16H,3-4,13-15H2,1-2H3. The monoisotopic (exact) mass is 390 g/mol. The van der Waals surface area contributed by atoms with E-state index in [1.54, 1.807) is 12.1 Å². The van der Waals surface area contributed by atoms with Crippen molar-refractivity contribution in [3.8, 4) is 5.75 Å². The second-order valence-corrected chi connectivity index (χ2v) is 6.74. The van der Waals surface area contributed by atoms with Gasteiger partial charge >= 0.3 is 6.36 Å². The zero-order valence-corrected chi connectivity index (χ0v) is 16.2. The van der Waals surface area contributed by atoms with Crippen molar-refractivity contribution < 1.29 is 17.9 Å². The maximum Gasteiger partial charge on any atom is 0.573 e. The second kappa shape index (κ2) is 8.69. The number of benzene rings is 2. The molecule has 0 aliphatic carbocycles. The van der Waals surface area contributed by atoms with E-state index in [2.05, 4.69) is 46.3 Å². The number of rotatable bonds is 8. The topological polar surface area (TPSA) is 17.4 Å². The van der Waals surface area contributed by atoms with Gasteiger partial charge in [-0.3, -0.25) is 0 Å². The molecule has 0 atom stereocenters. The molecule has 0 unspecified atom stereocenters. The number of ether oxygens (including phenoxy) is 1. The first-order valence-corrected chi connectivity index (χ1v) is 9.53. The summed E-state index contributed by atoms with van der Waals surface area (Å²) in [5.41, 5.74) is 3.28. The molecule has 0 radical (unpaired) electrons. The fourth-order valence-corrected chi connectivity index (χ4v) is 3.48. The summed E-state index contributed by atoms with van der Waals surface area (Å²) >= 11 is 0. The highest BCUT2D eigenvalue weighted by atomic mass is 19.4. The summed E-state index contributed by atoms with van der Waals surface area (Å²) in [6, 6.07) is 16.5. The Labute approximate surface area is 163 Å². The molecule has 0 amide bonds. The molecule has 3 aromatic rings.